The van der Waals surface area contributed by atoms with Crippen LogP contribution in [-0.4, -0.2) is 27.4 Å². The normalized spacial score (nSPS) is 14.4. The summed E-state index contributed by atoms with van der Waals surface area (Å²) in [6.45, 7) is 0. The van der Waals surface area contributed by atoms with Crippen molar-refractivity contribution >= 4 is 34.9 Å². The molecule has 0 heterocycles. The molecule has 0 amide bonds. The van der Waals surface area contributed by atoms with E-state index in [2.05, 4.69) is 0 Å². The fourth-order valence-electron chi connectivity index (χ4n) is 1.29. The summed E-state index contributed by atoms with van der Waals surface area (Å²) in [6.07, 6.45) is -3.41. The van der Waals surface area contributed by atoms with Gasteiger partial charge in [0.05, 0.1) is 28.3 Å². The first-order valence-electron chi connectivity index (χ1n) is 4.65. The van der Waals surface area contributed by atoms with E-state index >= 15 is 0 Å². The van der Waals surface area contributed by atoms with Crippen LogP contribution in [0.4, 0.5) is 5.69 Å². The van der Waals surface area contributed by atoms with E-state index in [1.807, 2.05) is 0 Å². The zero-order valence-electron chi connectivity index (χ0n) is 8.60. The highest BCUT2D eigenvalue weighted by Gasteiger charge is 2.22. The number of anilines is 1. The van der Waals surface area contributed by atoms with Gasteiger partial charge in [0.1, 0.15) is 6.10 Å². The SMILES string of the molecule is Nc1c(Cl)cc(C(O)C(O)CC(=O)O)cc1Cl. The second kappa shape index (κ2) is 5.55. The lowest BCUT2D eigenvalue weighted by Crippen LogP contribution is -2.21. The van der Waals surface area contributed by atoms with E-state index in [9.17, 15) is 15.0 Å². The van der Waals surface area contributed by atoms with Gasteiger partial charge in [0.25, 0.3) is 0 Å². The van der Waals surface area contributed by atoms with Crippen molar-refractivity contribution in [2.75, 3.05) is 5.73 Å². The molecule has 0 radical (unpaired) electrons. The monoisotopic (exact) mass is 279 g/mol. The highest BCUT2D eigenvalue weighted by Crippen LogP contribution is 2.32. The molecule has 0 saturated carbocycles. The van der Waals surface area contributed by atoms with Gasteiger partial charge in [-0.15, -0.1) is 0 Å². The average Bonchev–Trinajstić information content (AvgIpc) is 2.23. The van der Waals surface area contributed by atoms with Crippen molar-refractivity contribution in [3.05, 3.63) is 27.7 Å². The van der Waals surface area contributed by atoms with Crippen molar-refractivity contribution in [3.8, 4) is 0 Å². The second-order valence-corrected chi connectivity index (χ2v) is 4.32. The highest BCUT2D eigenvalue weighted by atomic mass is 35.5. The Hall–Kier alpha value is -1.01. The van der Waals surface area contributed by atoms with Crippen LogP contribution in [0.2, 0.25) is 10.0 Å². The van der Waals surface area contributed by atoms with Gasteiger partial charge in [0, 0.05) is 0 Å². The Balaban J connectivity index is 2.96. The van der Waals surface area contributed by atoms with Gasteiger partial charge >= 0.3 is 5.97 Å². The minimum atomic E-state index is -1.44. The fourth-order valence-corrected chi connectivity index (χ4v) is 1.79. The summed E-state index contributed by atoms with van der Waals surface area (Å²) in [7, 11) is 0. The van der Waals surface area contributed by atoms with E-state index < -0.39 is 24.6 Å². The summed E-state index contributed by atoms with van der Waals surface area (Å²) in [4.78, 5) is 10.4. The van der Waals surface area contributed by atoms with Gasteiger partial charge in [-0.3, -0.25) is 4.79 Å². The van der Waals surface area contributed by atoms with Crippen LogP contribution in [0, 0.1) is 0 Å². The molecule has 0 aliphatic rings. The molecule has 1 aromatic carbocycles. The lowest BCUT2D eigenvalue weighted by atomic mass is 10.0. The Labute approximate surface area is 107 Å². The molecule has 0 saturated heterocycles. The van der Waals surface area contributed by atoms with Gasteiger partial charge in [0.15, 0.2) is 0 Å². The number of carbonyl (C=O) groups is 1. The van der Waals surface area contributed by atoms with E-state index in [1.165, 1.54) is 12.1 Å². The van der Waals surface area contributed by atoms with Crippen LogP contribution in [-0.2, 0) is 4.79 Å². The lowest BCUT2D eigenvalue weighted by Gasteiger charge is -2.17. The third kappa shape index (κ3) is 3.47. The van der Waals surface area contributed by atoms with Crippen molar-refractivity contribution < 1.29 is 20.1 Å². The summed E-state index contributed by atoms with van der Waals surface area (Å²) < 4.78 is 0. The highest BCUT2D eigenvalue weighted by molar-refractivity contribution is 6.38. The molecule has 17 heavy (non-hydrogen) atoms. The van der Waals surface area contributed by atoms with Gasteiger partial charge < -0.3 is 21.1 Å². The molecule has 0 spiro atoms. The van der Waals surface area contributed by atoms with Gasteiger partial charge in [-0.25, -0.2) is 0 Å². The predicted molar refractivity (Wildman–Crippen MR) is 64.1 cm³/mol. The first-order valence-corrected chi connectivity index (χ1v) is 5.41. The van der Waals surface area contributed by atoms with Crippen molar-refractivity contribution in [1.29, 1.82) is 0 Å². The maximum Gasteiger partial charge on any atom is 0.306 e. The van der Waals surface area contributed by atoms with E-state index in [0.29, 0.717) is 0 Å². The quantitative estimate of drug-likeness (QED) is 0.625. The zero-order valence-corrected chi connectivity index (χ0v) is 10.1. The van der Waals surface area contributed by atoms with Crippen LogP contribution < -0.4 is 5.73 Å². The lowest BCUT2D eigenvalue weighted by molar-refractivity contribution is -0.141. The molecule has 0 aliphatic carbocycles. The largest absolute Gasteiger partial charge is 0.481 e. The predicted octanol–water partition coefficient (Wildman–Crippen LogP) is 1.44. The van der Waals surface area contributed by atoms with Crippen molar-refractivity contribution in [2.45, 2.75) is 18.6 Å². The van der Waals surface area contributed by atoms with Gasteiger partial charge in [0.2, 0.25) is 0 Å². The number of aliphatic hydroxyl groups excluding tert-OH is 2. The number of rotatable bonds is 4. The molecule has 0 bridgehead atoms. The molecule has 94 valence electrons. The van der Waals surface area contributed by atoms with Crippen LogP contribution in [0.1, 0.15) is 18.1 Å². The molecule has 0 aliphatic heterocycles. The standard InChI is InChI=1S/C10H11Cl2NO4/c11-5-1-4(2-6(12)9(5)13)10(17)7(14)3-8(15)16/h1-2,7,10,14,17H,3,13H2,(H,15,16). The minimum absolute atomic E-state index is 0.133. The number of aliphatic hydroxyl groups is 2. The minimum Gasteiger partial charge on any atom is -0.481 e. The number of nitrogen functional groups attached to an aromatic ring is 1. The maximum atomic E-state index is 10.4. The van der Waals surface area contributed by atoms with E-state index in [1.54, 1.807) is 0 Å². The molecule has 1 aromatic rings. The number of carboxylic acid groups (broad SMARTS) is 1. The Bertz CT molecular complexity index is 415. The molecule has 2 unspecified atom stereocenters. The van der Waals surface area contributed by atoms with Crippen molar-refractivity contribution in [3.63, 3.8) is 0 Å². The molecule has 5 N–H and O–H groups in total. The number of benzene rings is 1. The van der Waals surface area contributed by atoms with Gasteiger partial charge in [-0.2, -0.15) is 0 Å². The van der Waals surface area contributed by atoms with Crippen LogP contribution in [0.25, 0.3) is 0 Å². The molecule has 0 aromatic heterocycles. The maximum absolute atomic E-state index is 10.4. The van der Waals surface area contributed by atoms with E-state index in [-0.39, 0.29) is 21.3 Å². The fraction of sp³-hybridized carbons (Fsp3) is 0.300. The average molecular weight is 280 g/mol. The van der Waals surface area contributed by atoms with E-state index in [0.717, 1.165) is 0 Å². The molecule has 1 rings (SSSR count). The molecule has 5 nitrogen and oxygen atoms in total. The number of hydrogen-bond acceptors (Lipinski definition) is 4. The van der Waals surface area contributed by atoms with Crippen LogP contribution in [0.5, 0.6) is 0 Å². The molecular weight excluding hydrogens is 269 g/mol. The van der Waals surface area contributed by atoms with Crippen molar-refractivity contribution in [1.82, 2.24) is 0 Å². The van der Waals surface area contributed by atoms with Gasteiger partial charge in [-0.1, -0.05) is 23.2 Å². The topological polar surface area (TPSA) is 104 Å². The summed E-state index contributed by atoms with van der Waals surface area (Å²) in [5.41, 5.74) is 5.88. The van der Waals surface area contributed by atoms with Gasteiger partial charge in [-0.05, 0) is 17.7 Å². The Morgan fingerprint density at radius 2 is 1.76 bits per heavy atom. The first kappa shape index (κ1) is 14.1. The summed E-state index contributed by atoms with van der Waals surface area (Å²) >= 11 is 11.5. The summed E-state index contributed by atoms with van der Waals surface area (Å²) in [5, 5.41) is 27.9. The van der Waals surface area contributed by atoms with Crippen LogP contribution in [0.3, 0.4) is 0 Å². The van der Waals surface area contributed by atoms with Crippen LogP contribution in [0.15, 0.2) is 12.1 Å². The number of halogens is 2. The first-order chi connectivity index (χ1) is 7.82. The third-order valence-corrected chi connectivity index (χ3v) is 2.82. The molecule has 2 atom stereocenters. The Morgan fingerprint density at radius 3 is 2.18 bits per heavy atom. The molecular formula is C10H11Cl2NO4. The third-order valence-electron chi connectivity index (χ3n) is 2.19. The second-order valence-electron chi connectivity index (χ2n) is 3.51. The molecule has 0 fully saturated rings. The van der Waals surface area contributed by atoms with Crippen LogP contribution >= 0.6 is 23.2 Å². The van der Waals surface area contributed by atoms with Crippen molar-refractivity contribution in [2.24, 2.45) is 0 Å². The number of nitrogens with two attached hydrogens (primary N) is 1. The molecule has 7 heteroatoms. The number of hydrogen-bond donors (Lipinski definition) is 4. The van der Waals surface area contributed by atoms with E-state index in [4.69, 9.17) is 34.0 Å². The zero-order chi connectivity index (χ0) is 13.2. The number of carboxylic acids is 1. The Kier molecular flexibility index (Phi) is 4.59. The Morgan fingerprint density at radius 1 is 1.29 bits per heavy atom. The summed E-state index contributed by atoms with van der Waals surface area (Å²) in [5.74, 6) is -1.22. The number of aliphatic carboxylic acids is 1. The summed E-state index contributed by atoms with van der Waals surface area (Å²) in [6, 6.07) is 2.66. The smallest absolute Gasteiger partial charge is 0.306 e.